The average molecular weight is 234 g/mol. The van der Waals surface area contributed by atoms with Crippen LogP contribution in [0, 0.1) is 0 Å². The Kier molecular flexibility index (Phi) is 5.27. The van der Waals surface area contributed by atoms with Gasteiger partial charge in [0.25, 0.3) is 0 Å². The molecule has 3 nitrogen and oxygen atoms in total. The predicted octanol–water partition coefficient (Wildman–Crippen LogP) is 3.05. The fourth-order valence-electron chi connectivity index (χ4n) is 1.60. The monoisotopic (exact) mass is 234 g/mol. The van der Waals surface area contributed by atoms with Gasteiger partial charge >= 0.3 is 5.97 Å². The number of carboxylic acids is 1. The van der Waals surface area contributed by atoms with E-state index >= 15 is 0 Å². The SMILES string of the molecule is C=C(CCCCc1cccc(OC)c1)C(=O)O. The summed E-state index contributed by atoms with van der Waals surface area (Å²) in [6.45, 7) is 3.51. The molecule has 0 bridgehead atoms. The summed E-state index contributed by atoms with van der Waals surface area (Å²) in [4.78, 5) is 10.5. The number of carbonyl (C=O) groups is 1. The van der Waals surface area contributed by atoms with E-state index in [9.17, 15) is 4.79 Å². The summed E-state index contributed by atoms with van der Waals surface area (Å²) >= 11 is 0. The lowest BCUT2D eigenvalue weighted by molar-refractivity contribution is -0.132. The zero-order valence-electron chi connectivity index (χ0n) is 10.1. The Morgan fingerprint density at radius 1 is 1.41 bits per heavy atom. The van der Waals surface area contributed by atoms with E-state index in [1.807, 2.05) is 18.2 Å². The zero-order chi connectivity index (χ0) is 12.7. The number of aliphatic carboxylic acids is 1. The Labute approximate surface area is 102 Å². The Balaban J connectivity index is 2.31. The quantitative estimate of drug-likeness (QED) is 0.582. The summed E-state index contributed by atoms with van der Waals surface area (Å²) in [6, 6.07) is 7.93. The lowest BCUT2D eigenvalue weighted by atomic mass is 10.0. The fraction of sp³-hybridized carbons (Fsp3) is 0.357. The van der Waals surface area contributed by atoms with Crippen molar-refractivity contribution in [3.05, 3.63) is 42.0 Å². The number of carboxylic acid groups (broad SMARTS) is 1. The van der Waals surface area contributed by atoms with E-state index in [-0.39, 0.29) is 5.57 Å². The van der Waals surface area contributed by atoms with Gasteiger partial charge in [0.2, 0.25) is 0 Å². The van der Waals surface area contributed by atoms with Gasteiger partial charge in [-0.1, -0.05) is 18.7 Å². The van der Waals surface area contributed by atoms with E-state index in [0.717, 1.165) is 25.0 Å². The molecule has 1 aromatic carbocycles. The third-order valence-corrected chi connectivity index (χ3v) is 2.63. The Morgan fingerprint density at radius 2 is 2.18 bits per heavy atom. The predicted molar refractivity (Wildman–Crippen MR) is 67.3 cm³/mol. The van der Waals surface area contributed by atoms with Crippen LogP contribution in [0.4, 0.5) is 0 Å². The summed E-state index contributed by atoms with van der Waals surface area (Å²) in [7, 11) is 1.65. The summed E-state index contributed by atoms with van der Waals surface area (Å²) in [5, 5.41) is 8.65. The number of ether oxygens (including phenoxy) is 1. The standard InChI is InChI=1S/C14H18O3/c1-11(14(15)16)6-3-4-7-12-8-5-9-13(10-12)17-2/h5,8-10H,1,3-4,6-7H2,2H3,(H,15,16). The number of unbranched alkanes of at least 4 members (excludes halogenated alkanes) is 1. The summed E-state index contributed by atoms with van der Waals surface area (Å²) < 4.78 is 5.14. The van der Waals surface area contributed by atoms with Crippen LogP contribution in [-0.2, 0) is 11.2 Å². The molecule has 0 atom stereocenters. The molecule has 0 fully saturated rings. The molecule has 0 aliphatic rings. The number of hydrogen-bond donors (Lipinski definition) is 1. The first kappa shape index (κ1) is 13.3. The Bertz CT molecular complexity index is 396. The van der Waals surface area contributed by atoms with Gasteiger partial charge in [-0.05, 0) is 43.4 Å². The highest BCUT2D eigenvalue weighted by molar-refractivity contribution is 5.85. The number of benzene rings is 1. The molecule has 0 aliphatic heterocycles. The van der Waals surface area contributed by atoms with E-state index < -0.39 is 5.97 Å². The van der Waals surface area contributed by atoms with E-state index in [1.165, 1.54) is 5.56 Å². The van der Waals surface area contributed by atoms with Crippen LogP contribution in [0.15, 0.2) is 36.4 Å². The number of aryl methyl sites for hydroxylation is 1. The number of hydrogen-bond acceptors (Lipinski definition) is 2. The van der Waals surface area contributed by atoms with Gasteiger partial charge in [-0.25, -0.2) is 4.79 Å². The highest BCUT2D eigenvalue weighted by Gasteiger charge is 2.03. The van der Waals surface area contributed by atoms with Gasteiger partial charge in [-0.15, -0.1) is 0 Å². The molecule has 0 saturated heterocycles. The first-order valence-electron chi connectivity index (χ1n) is 5.67. The van der Waals surface area contributed by atoms with Crippen LogP contribution >= 0.6 is 0 Å². The maximum Gasteiger partial charge on any atom is 0.330 e. The van der Waals surface area contributed by atoms with Crippen LogP contribution in [0.5, 0.6) is 5.75 Å². The first-order valence-corrected chi connectivity index (χ1v) is 5.67. The fourth-order valence-corrected chi connectivity index (χ4v) is 1.60. The Hall–Kier alpha value is -1.77. The molecule has 0 heterocycles. The summed E-state index contributed by atoms with van der Waals surface area (Å²) in [6.07, 6.45) is 3.30. The zero-order valence-corrected chi connectivity index (χ0v) is 10.1. The molecule has 1 rings (SSSR count). The minimum atomic E-state index is -0.897. The maximum atomic E-state index is 10.5. The number of methoxy groups -OCH3 is 1. The molecule has 1 N–H and O–H groups in total. The third kappa shape index (κ3) is 4.72. The van der Waals surface area contributed by atoms with Crippen molar-refractivity contribution in [2.45, 2.75) is 25.7 Å². The van der Waals surface area contributed by atoms with Gasteiger partial charge in [0, 0.05) is 5.57 Å². The van der Waals surface area contributed by atoms with Gasteiger partial charge in [-0.2, -0.15) is 0 Å². The molecule has 0 amide bonds. The van der Waals surface area contributed by atoms with Gasteiger partial charge < -0.3 is 9.84 Å². The molecule has 0 saturated carbocycles. The van der Waals surface area contributed by atoms with Crippen LogP contribution < -0.4 is 4.74 Å². The largest absolute Gasteiger partial charge is 0.497 e. The highest BCUT2D eigenvalue weighted by Crippen LogP contribution is 2.15. The first-order chi connectivity index (χ1) is 8.13. The van der Waals surface area contributed by atoms with Gasteiger partial charge in [0.1, 0.15) is 5.75 Å². The van der Waals surface area contributed by atoms with Crippen molar-refractivity contribution in [2.75, 3.05) is 7.11 Å². The molecule has 1 aromatic rings. The second-order valence-corrected chi connectivity index (χ2v) is 3.97. The summed E-state index contributed by atoms with van der Waals surface area (Å²) in [5.74, 6) is -0.0381. The lowest BCUT2D eigenvalue weighted by Gasteiger charge is -2.04. The molecule has 0 aliphatic carbocycles. The van der Waals surface area contributed by atoms with Crippen LogP contribution in [-0.4, -0.2) is 18.2 Å². The van der Waals surface area contributed by atoms with Crippen molar-refractivity contribution < 1.29 is 14.6 Å². The van der Waals surface area contributed by atoms with Crippen molar-refractivity contribution in [1.29, 1.82) is 0 Å². The molecule has 92 valence electrons. The van der Waals surface area contributed by atoms with Crippen LogP contribution in [0.25, 0.3) is 0 Å². The number of rotatable bonds is 7. The second kappa shape index (κ2) is 6.74. The molecular weight excluding hydrogens is 216 g/mol. The van der Waals surface area contributed by atoms with Crippen molar-refractivity contribution in [1.82, 2.24) is 0 Å². The minimum absolute atomic E-state index is 0.288. The van der Waals surface area contributed by atoms with Gasteiger partial charge in [0.15, 0.2) is 0 Å². The van der Waals surface area contributed by atoms with E-state index in [2.05, 4.69) is 12.6 Å². The smallest absolute Gasteiger partial charge is 0.330 e. The van der Waals surface area contributed by atoms with Crippen molar-refractivity contribution in [3.63, 3.8) is 0 Å². The van der Waals surface area contributed by atoms with Crippen molar-refractivity contribution >= 4 is 5.97 Å². The van der Waals surface area contributed by atoms with Crippen LogP contribution in [0.3, 0.4) is 0 Å². The van der Waals surface area contributed by atoms with Crippen molar-refractivity contribution in [2.24, 2.45) is 0 Å². The van der Waals surface area contributed by atoms with Crippen LogP contribution in [0.2, 0.25) is 0 Å². The molecule has 0 radical (unpaired) electrons. The third-order valence-electron chi connectivity index (χ3n) is 2.63. The molecule has 17 heavy (non-hydrogen) atoms. The van der Waals surface area contributed by atoms with E-state index in [4.69, 9.17) is 9.84 Å². The van der Waals surface area contributed by atoms with Crippen LogP contribution in [0.1, 0.15) is 24.8 Å². The molecular formula is C14H18O3. The summed E-state index contributed by atoms with van der Waals surface area (Å²) in [5.41, 5.74) is 1.50. The Morgan fingerprint density at radius 3 is 2.82 bits per heavy atom. The molecule has 0 unspecified atom stereocenters. The molecule has 0 spiro atoms. The lowest BCUT2D eigenvalue weighted by Crippen LogP contribution is -1.98. The molecule has 3 heteroatoms. The van der Waals surface area contributed by atoms with E-state index in [0.29, 0.717) is 6.42 Å². The normalized spacial score (nSPS) is 9.94. The average Bonchev–Trinajstić information content (AvgIpc) is 2.34. The highest BCUT2D eigenvalue weighted by atomic mass is 16.5. The molecule has 0 aromatic heterocycles. The maximum absolute atomic E-state index is 10.5. The van der Waals surface area contributed by atoms with Gasteiger partial charge in [0.05, 0.1) is 7.11 Å². The minimum Gasteiger partial charge on any atom is -0.497 e. The van der Waals surface area contributed by atoms with Crippen molar-refractivity contribution in [3.8, 4) is 5.75 Å². The van der Waals surface area contributed by atoms with Gasteiger partial charge in [-0.3, -0.25) is 0 Å². The second-order valence-electron chi connectivity index (χ2n) is 3.97. The topological polar surface area (TPSA) is 46.5 Å². The van der Waals surface area contributed by atoms with E-state index in [1.54, 1.807) is 7.11 Å².